The van der Waals surface area contributed by atoms with E-state index in [1.807, 2.05) is 30.3 Å². The molecule has 2 rings (SSSR count). The molecule has 0 fully saturated rings. The summed E-state index contributed by atoms with van der Waals surface area (Å²) in [6, 6.07) is 9.30. The van der Waals surface area contributed by atoms with Crippen LogP contribution >= 0.6 is 0 Å². The third-order valence-corrected chi connectivity index (χ3v) is 3.14. The van der Waals surface area contributed by atoms with E-state index < -0.39 is 0 Å². The average Bonchev–Trinajstić information content (AvgIpc) is 2.93. The van der Waals surface area contributed by atoms with Crippen molar-refractivity contribution < 1.29 is 9.26 Å². The van der Waals surface area contributed by atoms with Crippen LogP contribution in [-0.4, -0.2) is 10.1 Å². The van der Waals surface area contributed by atoms with Gasteiger partial charge in [-0.15, -0.1) is 0 Å². The lowest BCUT2D eigenvalue weighted by Crippen LogP contribution is -2.18. The van der Waals surface area contributed by atoms with Gasteiger partial charge in [0.05, 0.1) is 6.04 Å². The van der Waals surface area contributed by atoms with Crippen LogP contribution in [0.4, 0.5) is 0 Å². The molecule has 0 amide bonds. The molecule has 1 heterocycles. The fraction of sp³-hybridized carbons (Fsp3) is 0.429. The van der Waals surface area contributed by atoms with Crippen molar-refractivity contribution in [1.29, 1.82) is 0 Å². The molecule has 0 bridgehead atoms. The zero-order valence-corrected chi connectivity index (χ0v) is 11.2. The van der Waals surface area contributed by atoms with Crippen molar-refractivity contribution in [2.75, 3.05) is 0 Å². The summed E-state index contributed by atoms with van der Waals surface area (Å²) >= 11 is 0. The van der Waals surface area contributed by atoms with Gasteiger partial charge in [-0.25, -0.2) is 0 Å². The van der Waals surface area contributed by atoms with E-state index in [4.69, 9.17) is 15.0 Å². The van der Waals surface area contributed by atoms with E-state index in [2.05, 4.69) is 24.0 Å². The largest absolute Gasteiger partial charge is 0.485 e. The summed E-state index contributed by atoms with van der Waals surface area (Å²) in [5.41, 5.74) is 6.03. The highest BCUT2D eigenvalue weighted by Gasteiger charge is 2.20. The Kier molecular flexibility index (Phi) is 4.52. The maximum Gasteiger partial charge on any atom is 0.243 e. The van der Waals surface area contributed by atoms with Gasteiger partial charge in [0.2, 0.25) is 11.7 Å². The van der Waals surface area contributed by atoms with Crippen LogP contribution in [0.1, 0.15) is 38.0 Å². The maximum absolute atomic E-state index is 6.03. The lowest BCUT2D eigenvalue weighted by atomic mass is 10.0. The van der Waals surface area contributed by atoms with Gasteiger partial charge in [-0.3, -0.25) is 0 Å². The fourth-order valence-corrected chi connectivity index (χ4v) is 1.62. The highest BCUT2D eigenvalue weighted by atomic mass is 16.5. The molecule has 0 aliphatic rings. The summed E-state index contributed by atoms with van der Waals surface area (Å²) in [5, 5.41) is 3.88. The predicted molar refractivity (Wildman–Crippen MR) is 71.5 cm³/mol. The van der Waals surface area contributed by atoms with Crippen LogP contribution in [0.3, 0.4) is 0 Å². The Labute approximate surface area is 112 Å². The van der Waals surface area contributed by atoms with Crippen LogP contribution in [0.2, 0.25) is 0 Å². The van der Waals surface area contributed by atoms with Gasteiger partial charge in [0, 0.05) is 0 Å². The molecule has 0 aliphatic heterocycles. The molecule has 1 aromatic carbocycles. The Morgan fingerprint density at radius 1 is 1.32 bits per heavy atom. The first-order valence-electron chi connectivity index (χ1n) is 6.46. The van der Waals surface area contributed by atoms with E-state index in [0.717, 1.165) is 12.2 Å². The Balaban J connectivity index is 1.94. The maximum atomic E-state index is 6.03. The number of para-hydroxylation sites is 1. The van der Waals surface area contributed by atoms with Gasteiger partial charge in [0.15, 0.2) is 6.61 Å². The molecule has 0 radical (unpaired) electrons. The normalized spacial score (nSPS) is 14.1. The van der Waals surface area contributed by atoms with Crippen LogP contribution in [0.25, 0.3) is 0 Å². The first-order valence-corrected chi connectivity index (χ1v) is 6.46. The quantitative estimate of drug-likeness (QED) is 0.865. The van der Waals surface area contributed by atoms with Crippen molar-refractivity contribution in [3.8, 4) is 5.75 Å². The van der Waals surface area contributed by atoms with E-state index in [9.17, 15) is 0 Å². The molecule has 19 heavy (non-hydrogen) atoms. The molecular formula is C14H19N3O2. The molecular weight excluding hydrogens is 242 g/mol. The second-order valence-corrected chi connectivity index (χ2v) is 4.56. The van der Waals surface area contributed by atoms with Crippen LogP contribution in [0, 0.1) is 5.92 Å². The number of rotatable bonds is 6. The molecule has 5 heteroatoms. The minimum absolute atomic E-state index is 0.219. The summed E-state index contributed by atoms with van der Waals surface area (Å²) in [4.78, 5) is 4.27. The van der Waals surface area contributed by atoms with Crippen molar-refractivity contribution in [2.24, 2.45) is 11.7 Å². The van der Waals surface area contributed by atoms with E-state index in [0.29, 0.717) is 17.6 Å². The summed E-state index contributed by atoms with van der Waals surface area (Å²) in [7, 11) is 0. The first-order chi connectivity index (χ1) is 9.20. The van der Waals surface area contributed by atoms with Crippen molar-refractivity contribution in [3.63, 3.8) is 0 Å². The molecule has 0 saturated heterocycles. The summed E-state index contributed by atoms with van der Waals surface area (Å²) in [6.07, 6.45) is 0.972. The fourth-order valence-electron chi connectivity index (χ4n) is 1.62. The molecule has 2 N–H and O–H groups in total. The molecule has 5 nitrogen and oxygen atoms in total. The molecule has 2 aromatic rings. The summed E-state index contributed by atoms with van der Waals surface area (Å²) in [6.45, 7) is 4.43. The van der Waals surface area contributed by atoms with Crippen molar-refractivity contribution in [2.45, 2.75) is 32.9 Å². The van der Waals surface area contributed by atoms with E-state index in [1.165, 1.54) is 0 Å². The van der Waals surface area contributed by atoms with Gasteiger partial charge in [0.25, 0.3) is 0 Å². The van der Waals surface area contributed by atoms with E-state index in [-0.39, 0.29) is 12.6 Å². The summed E-state index contributed by atoms with van der Waals surface area (Å²) in [5.74, 6) is 2.07. The third-order valence-electron chi connectivity index (χ3n) is 3.14. The van der Waals surface area contributed by atoms with Crippen molar-refractivity contribution in [1.82, 2.24) is 10.1 Å². The monoisotopic (exact) mass is 261 g/mol. The number of benzene rings is 1. The molecule has 1 aromatic heterocycles. The van der Waals surface area contributed by atoms with Crippen LogP contribution in [0.5, 0.6) is 5.75 Å². The van der Waals surface area contributed by atoms with Gasteiger partial charge in [0.1, 0.15) is 5.75 Å². The zero-order valence-electron chi connectivity index (χ0n) is 11.2. The van der Waals surface area contributed by atoms with Gasteiger partial charge in [-0.2, -0.15) is 4.98 Å². The third kappa shape index (κ3) is 3.54. The second-order valence-electron chi connectivity index (χ2n) is 4.56. The number of hydrogen-bond donors (Lipinski definition) is 1. The molecule has 0 aliphatic carbocycles. The van der Waals surface area contributed by atoms with E-state index in [1.54, 1.807) is 0 Å². The lowest BCUT2D eigenvalue weighted by Gasteiger charge is -2.12. The highest BCUT2D eigenvalue weighted by Crippen LogP contribution is 2.20. The SMILES string of the molecule is CCC(C)C(N)c1nc(COc2ccccc2)no1. The molecule has 0 spiro atoms. The predicted octanol–water partition coefficient (Wildman–Crippen LogP) is 2.69. The molecule has 2 atom stereocenters. The Bertz CT molecular complexity index is 498. The van der Waals surface area contributed by atoms with E-state index >= 15 is 0 Å². The van der Waals surface area contributed by atoms with Crippen LogP contribution in [-0.2, 0) is 6.61 Å². The second kappa shape index (κ2) is 6.33. The molecule has 0 saturated carbocycles. The number of hydrogen-bond acceptors (Lipinski definition) is 5. The van der Waals surface area contributed by atoms with Gasteiger partial charge >= 0.3 is 0 Å². The number of aromatic nitrogens is 2. The summed E-state index contributed by atoms with van der Waals surface area (Å²) < 4.78 is 10.7. The Morgan fingerprint density at radius 2 is 2.05 bits per heavy atom. The standard InChI is InChI=1S/C14H19N3O2/c1-3-10(2)13(15)14-16-12(17-19-14)9-18-11-7-5-4-6-8-11/h4-8,10,13H,3,9,15H2,1-2H3. The first kappa shape index (κ1) is 13.5. The van der Waals surface area contributed by atoms with Gasteiger partial charge in [-0.1, -0.05) is 43.6 Å². The molecule has 2 unspecified atom stereocenters. The highest BCUT2D eigenvalue weighted by molar-refractivity contribution is 5.20. The van der Waals surface area contributed by atoms with Crippen molar-refractivity contribution in [3.05, 3.63) is 42.0 Å². The lowest BCUT2D eigenvalue weighted by molar-refractivity contribution is 0.279. The number of ether oxygens (including phenoxy) is 1. The Hall–Kier alpha value is -1.88. The smallest absolute Gasteiger partial charge is 0.243 e. The molecule has 102 valence electrons. The minimum atomic E-state index is -0.219. The number of nitrogens with zero attached hydrogens (tertiary/aromatic N) is 2. The minimum Gasteiger partial charge on any atom is -0.485 e. The zero-order chi connectivity index (χ0) is 13.7. The topological polar surface area (TPSA) is 74.2 Å². The van der Waals surface area contributed by atoms with Crippen molar-refractivity contribution >= 4 is 0 Å². The number of nitrogens with two attached hydrogens (primary N) is 1. The van der Waals surface area contributed by atoms with Crippen LogP contribution < -0.4 is 10.5 Å². The van der Waals surface area contributed by atoms with Crippen LogP contribution in [0.15, 0.2) is 34.9 Å². The van der Waals surface area contributed by atoms with Gasteiger partial charge < -0.3 is 15.0 Å². The average molecular weight is 261 g/mol. The Morgan fingerprint density at radius 3 is 2.74 bits per heavy atom. The van der Waals surface area contributed by atoms with Gasteiger partial charge in [-0.05, 0) is 18.1 Å².